The zero-order valence-electron chi connectivity index (χ0n) is 22.0. The first kappa shape index (κ1) is 27.8. The van der Waals surface area contributed by atoms with E-state index in [0.29, 0.717) is 31.3 Å². The van der Waals surface area contributed by atoms with Crippen LogP contribution in [0.15, 0.2) is 23.8 Å². The lowest BCUT2D eigenvalue weighted by Gasteiger charge is -2.59. The molecule has 3 fully saturated rings. The van der Waals surface area contributed by atoms with Gasteiger partial charge in [0.15, 0.2) is 22.8 Å². The van der Waals surface area contributed by atoms with Crippen LogP contribution in [0.5, 0.6) is 0 Å². The van der Waals surface area contributed by atoms with Gasteiger partial charge in [-0.1, -0.05) is 32.4 Å². The fourth-order valence-corrected chi connectivity index (χ4v) is 8.15. The summed E-state index contributed by atoms with van der Waals surface area (Å²) in [6, 6.07) is 0. The second kappa shape index (κ2) is 8.93. The highest BCUT2D eigenvalue weighted by atomic mass is 32.2. The third-order valence-electron chi connectivity index (χ3n) is 9.49. The predicted octanol–water partition coefficient (Wildman–Crippen LogP) is 3.44. The Morgan fingerprint density at radius 3 is 2.49 bits per heavy atom. The van der Waals surface area contributed by atoms with E-state index in [1.54, 1.807) is 27.7 Å². The summed E-state index contributed by atoms with van der Waals surface area (Å²) >= 11 is 0. The van der Waals surface area contributed by atoms with Crippen LogP contribution >= 0.6 is 0 Å². The van der Waals surface area contributed by atoms with E-state index >= 15 is 4.39 Å². The normalized spacial score (nSPS) is 40.9. The van der Waals surface area contributed by atoms with Crippen molar-refractivity contribution in [2.75, 3.05) is 12.9 Å². The molecule has 10 heteroatoms. The molecule has 4 rings (SSSR count). The van der Waals surface area contributed by atoms with E-state index in [1.165, 1.54) is 18.2 Å². The number of carbonyl (C=O) groups excluding carboxylic acids is 4. The Hall–Kier alpha value is -2.20. The number of carbonyl (C=O) groups is 4. The molecule has 0 spiro atoms. The van der Waals surface area contributed by atoms with Crippen LogP contribution in [0.25, 0.3) is 0 Å². The van der Waals surface area contributed by atoms with Crippen LogP contribution < -0.4 is 0 Å². The van der Waals surface area contributed by atoms with Crippen LogP contribution in [-0.4, -0.2) is 55.9 Å². The minimum atomic E-state index is -3.98. The Morgan fingerprint density at radius 2 is 1.86 bits per heavy atom. The molecule has 0 N–H and O–H groups in total. The lowest BCUT2D eigenvalue weighted by atomic mass is 9.45. The molecule has 3 saturated carbocycles. The molecule has 0 aromatic heterocycles. The maximum absolute atomic E-state index is 17.3. The number of rotatable bonds is 7. The number of ether oxygens (including phenoxy) is 1. The first-order chi connectivity index (χ1) is 17.1. The maximum atomic E-state index is 17.3. The Labute approximate surface area is 217 Å². The molecule has 8 nitrogen and oxygen atoms in total. The molecule has 0 aliphatic heterocycles. The summed E-state index contributed by atoms with van der Waals surface area (Å²) < 4.78 is 51.4. The molecule has 0 amide bonds. The van der Waals surface area contributed by atoms with Crippen molar-refractivity contribution in [3.63, 3.8) is 0 Å². The van der Waals surface area contributed by atoms with E-state index in [4.69, 9.17) is 8.92 Å². The van der Waals surface area contributed by atoms with Gasteiger partial charge in [-0.2, -0.15) is 8.42 Å². The molecule has 0 bridgehead atoms. The fraction of sp³-hybridized carbons (Fsp3) is 0.704. The van der Waals surface area contributed by atoms with Gasteiger partial charge >= 0.3 is 5.97 Å². The van der Waals surface area contributed by atoms with Gasteiger partial charge in [0.25, 0.3) is 10.1 Å². The molecular weight excluding hydrogens is 503 g/mol. The van der Waals surface area contributed by atoms with Gasteiger partial charge in [0, 0.05) is 35.5 Å². The zero-order chi connectivity index (χ0) is 27.6. The Morgan fingerprint density at radius 1 is 1.19 bits per heavy atom. The minimum Gasteiger partial charge on any atom is -0.450 e. The van der Waals surface area contributed by atoms with E-state index in [1.807, 2.05) is 0 Å². The molecular formula is C27H35FO8S. The first-order valence-electron chi connectivity index (χ1n) is 12.8. The molecule has 7 atom stereocenters. The third-order valence-corrected chi connectivity index (χ3v) is 10.0. The van der Waals surface area contributed by atoms with Crippen LogP contribution in [0, 0.1) is 28.6 Å². The van der Waals surface area contributed by atoms with Crippen molar-refractivity contribution in [3.05, 3.63) is 23.8 Å². The lowest BCUT2D eigenvalue weighted by molar-refractivity contribution is -0.203. The summed E-state index contributed by atoms with van der Waals surface area (Å²) in [5, 5.41) is 0. The summed E-state index contributed by atoms with van der Waals surface area (Å²) in [5.74, 6) is -4.22. The largest absolute Gasteiger partial charge is 0.450 e. The van der Waals surface area contributed by atoms with Gasteiger partial charge in [0.2, 0.25) is 5.78 Å². The quantitative estimate of drug-likeness (QED) is 0.357. The monoisotopic (exact) mass is 538 g/mol. The number of ketones is 3. The van der Waals surface area contributed by atoms with Gasteiger partial charge in [-0.3, -0.25) is 23.4 Å². The van der Waals surface area contributed by atoms with Gasteiger partial charge in [0.1, 0.15) is 6.61 Å². The second-order valence-corrected chi connectivity index (χ2v) is 13.2. The van der Waals surface area contributed by atoms with Gasteiger partial charge in [-0.15, -0.1) is 0 Å². The van der Waals surface area contributed by atoms with E-state index in [9.17, 15) is 27.6 Å². The zero-order valence-corrected chi connectivity index (χ0v) is 22.8. The van der Waals surface area contributed by atoms with Crippen molar-refractivity contribution in [2.45, 2.75) is 77.5 Å². The highest BCUT2D eigenvalue weighted by Crippen LogP contribution is 2.70. The van der Waals surface area contributed by atoms with Crippen molar-refractivity contribution in [1.29, 1.82) is 0 Å². The number of allylic oxidation sites excluding steroid dienone is 4. The molecule has 37 heavy (non-hydrogen) atoms. The Bertz CT molecular complexity index is 1220. The standard InChI is InChI=1S/C27H35FO8S/c1-6-7-23(32)36-27(22(31)15-35-37(5,33)34)16(2)12-20-19-9-8-17-13-18(29)10-11-24(17,3)26(19,28)21(30)14-25(20,27)4/h10-11,13,16,19-20H,6-9,12,14-15H2,1-5H3/t16-,19-,20-,24-,25-,26-,27-/m0/s1. The predicted molar refractivity (Wildman–Crippen MR) is 131 cm³/mol. The van der Waals surface area contributed by atoms with Crippen LogP contribution in [0.2, 0.25) is 0 Å². The minimum absolute atomic E-state index is 0.0326. The fourth-order valence-electron chi connectivity index (χ4n) is 7.83. The maximum Gasteiger partial charge on any atom is 0.306 e. The number of hydrogen-bond acceptors (Lipinski definition) is 8. The molecule has 0 saturated heterocycles. The molecule has 0 heterocycles. The average Bonchev–Trinajstić information content (AvgIpc) is 3.00. The van der Waals surface area contributed by atoms with E-state index in [0.717, 1.165) is 6.26 Å². The van der Waals surface area contributed by atoms with Crippen LogP contribution in [0.3, 0.4) is 0 Å². The summed E-state index contributed by atoms with van der Waals surface area (Å²) in [6.07, 6.45) is 6.18. The van der Waals surface area contributed by atoms with Crippen LogP contribution in [0.4, 0.5) is 4.39 Å². The summed E-state index contributed by atoms with van der Waals surface area (Å²) in [4.78, 5) is 52.5. The van der Waals surface area contributed by atoms with E-state index in [2.05, 4.69) is 0 Å². The third kappa shape index (κ3) is 3.88. The lowest BCUT2D eigenvalue weighted by Crippen LogP contribution is -2.68. The SMILES string of the molecule is CCCC(=O)O[C@]1(C(=O)COS(C)(=O)=O)[C@@H](C)C[C@H]2[C@@H]3CCC4=CC(=O)C=C[C@]4(C)[C@@]3(F)C(=O)C[C@@]21C. The van der Waals surface area contributed by atoms with Crippen LogP contribution in [-0.2, 0) is 38.2 Å². The van der Waals surface area contributed by atoms with Crippen molar-refractivity contribution < 1.29 is 40.9 Å². The number of esters is 1. The molecule has 4 aliphatic carbocycles. The van der Waals surface area contributed by atoms with Gasteiger partial charge < -0.3 is 4.74 Å². The Balaban J connectivity index is 1.82. The smallest absolute Gasteiger partial charge is 0.306 e. The molecule has 0 radical (unpaired) electrons. The van der Waals surface area contributed by atoms with Crippen molar-refractivity contribution in [3.8, 4) is 0 Å². The highest BCUT2D eigenvalue weighted by molar-refractivity contribution is 7.86. The number of Topliss-reactive ketones (excluding diaryl/α,β-unsaturated/α-hetero) is 2. The van der Waals surface area contributed by atoms with Gasteiger partial charge in [-0.05, 0) is 50.7 Å². The van der Waals surface area contributed by atoms with Crippen molar-refractivity contribution in [2.24, 2.45) is 28.6 Å². The summed E-state index contributed by atoms with van der Waals surface area (Å²) in [7, 11) is -3.98. The average molecular weight is 539 g/mol. The molecule has 0 aromatic rings. The number of hydrogen-bond donors (Lipinski definition) is 0. The molecule has 0 aromatic carbocycles. The van der Waals surface area contributed by atoms with Gasteiger partial charge in [0.05, 0.1) is 6.26 Å². The summed E-state index contributed by atoms with van der Waals surface area (Å²) in [5.41, 5.74) is -6.12. The van der Waals surface area contributed by atoms with Crippen molar-refractivity contribution >= 4 is 33.4 Å². The molecule has 0 unspecified atom stereocenters. The second-order valence-electron chi connectivity index (χ2n) is 11.6. The highest BCUT2D eigenvalue weighted by Gasteiger charge is 2.77. The number of halogens is 1. The van der Waals surface area contributed by atoms with E-state index < -0.39 is 74.1 Å². The van der Waals surface area contributed by atoms with Crippen LogP contribution in [0.1, 0.15) is 66.2 Å². The number of alkyl halides is 1. The number of fused-ring (bicyclic) bond motifs is 5. The molecule has 4 aliphatic rings. The van der Waals surface area contributed by atoms with Gasteiger partial charge in [-0.25, -0.2) is 4.39 Å². The summed E-state index contributed by atoms with van der Waals surface area (Å²) in [6.45, 7) is 5.99. The van der Waals surface area contributed by atoms with Crippen molar-refractivity contribution in [1.82, 2.24) is 0 Å². The molecule has 204 valence electrons. The van der Waals surface area contributed by atoms with E-state index in [-0.39, 0.29) is 18.6 Å². The topological polar surface area (TPSA) is 121 Å². The Kier molecular flexibility index (Phi) is 6.72. The first-order valence-corrected chi connectivity index (χ1v) is 14.6.